The van der Waals surface area contributed by atoms with Gasteiger partial charge in [0.25, 0.3) is 11.8 Å². The van der Waals surface area contributed by atoms with Crippen LogP contribution in [0.15, 0.2) is 73.1 Å². The van der Waals surface area contributed by atoms with E-state index in [0.717, 1.165) is 16.7 Å². The van der Waals surface area contributed by atoms with E-state index in [2.05, 4.69) is 4.98 Å². The number of amides is 2. The van der Waals surface area contributed by atoms with Gasteiger partial charge in [0.2, 0.25) is 0 Å². The van der Waals surface area contributed by atoms with E-state index < -0.39 is 0 Å². The van der Waals surface area contributed by atoms with Crippen LogP contribution in [-0.2, 0) is 0 Å². The Morgan fingerprint density at radius 2 is 1.41 bits per heavy atom. The van der Waals surface area contributed by atoms with Gasteiger partial charge in [0.1, 0.15) is 0 Å². The Labute approximate surface area is 170 Å². The molecule has 146 valence electrons. The lowest BCUT2D eigenvalue weighted by molar-refractivity contribution is 0.0536. The number of carbonyl (C=O) groups excluding carboxylic acids is 2. The van der Waals surface area contributed by atoms with E-state index in [9.17, 15) is 9.59 Å². The lowest BCUT2D eigenvalue weighted by Gasteiger charge is -2.35. The normalized spacial score (nSPS) is 14.0. The first-order valence-electron chi connectivity index (χ1n) is 9.78. The number of aryl methyl sites for hydroxylation is 1. The molecular formula is C24H23N3O2. The summed E-state index contributed by atoms with van der Waals surface area (Å²) in [7, 11) is 0. The minimum Gasteiger partial charge on any atom is -0.335 e. The third kappa shape index (κ3) is 4.04. The van der Waals surface area contributed by atoms with Crippen LogP contribution in [0.3, 0.4) is 0 Å². The van der Waals surface area contributed by atoms with E-state index in [0.29, 0.717) is 37.3 Å². The van der Waals surface area contributed by atoms with Gasteiger partial charge in [-0.15, -0.1) is 0 Å². The first-order chi connectivity index (χ1) is 14.1. The minimum atomic E-state index is 0.00678. The van der Waals surface area contributed by atoms with Crippen molar-refractivity contribution in [2.75, 3.05) is 26.2 Å². The van der Waals surface area contributed by atoms with Gasteiger partial charge in [-0.25, -0.2) is 0 Å². The van der Waals surface area contributed by atoms with Crippen molar-refractivity contribution in [3.8, 4) is 11.1 Å². The molecule has 1 aliphatic heterocycles. The molecule has 1 saturated heterocycles. The van der Waals surface area contributed by atoms with E-state index in [1.807, 2.05) is 77.4 Å². The zero-order valence-corrected chi connectivity index (χ0v) is 16.4. The van der Waals surface area contributed by atoms with E-state index in [4.69, 9.17) is 0 Å². The molecule has 0 spiro atoms. The Bertz CT molecular complexity index is 1010. The summed E-state index contributed by atoms with van der Waals surface area (Å²) in [5.41, 5.74) is 4.31. The number of pyridine rings is 1. The second-order valence-corrected chi connectivity index (χ2v) is 7.24. The molecule has 5 nitrogen and oxygen atoms in total. The fourth-order valence-corrected chi connectivity index (χ4v) is 3.66. The van der Waals surface area contributed by atoms with Crippen LogP contribution in [0.2, 0.25) is 0 Å². The van der Waals surface area contributed by atoms with Crippen LogP contribution in [0.1, 0.15) is 26.3 Å². The molecule has 0 radical (unpaired) electrons. The summed E-state index contributed by atoms with van der Waals surface area (Å²) < 4.78 is 0. The lowest BCUT2D eigenvalue weighted by Crippen LogP contribution is -2.50. The van der Waals surface area contributed by atoms with Crippen molar-refractivity contribution in [3.63, 3.8) is 0 Å². The fourth-order valence-electron chi connectivity index (χ4n) is 3.66. The Hall–Kier alpha value is -3.47. The number of piperazine rings is 1. The Kier molecular flexibility index (Phi) is 5.38. The smallest absolute Gasteiger partial charge is 0.254 e. The molecule has 0 atom stereocenters. The summed E-state index contributed by atoms with van der Waals surface area (Å²) in [5.74, 6) is 0.0260. The maximum absolute atomic E-state index is 13.3. The molecule has 2 heterocycles. The molecular weight excluding hydrogens is 362 g/mol. The van der Waals surface area contributed by atoms with E-state index >= 15 is 0 Å². The van der Waals surface area contributed by atoms with Crippen molar-refractivity contribution in [2.24, 2.45) is 0 Å². The van der Waals surface area contributed by atoms with Crippen LogP contribution in [0.5, 0.6) is 0 Å². The number of hydrogen-bond acceptors (Lipinski definition) is 3. The molecule has 29 heavy (non-hydrogen) atoms. The highest BCUT2D eigenvalue weighted by Crippen LogP contribution is 2.26. The van der Waals surface area contributed by atoms with Gasteiger partial charge < -0.3 is 9.80 Å². The highest BCUT2D eigenvalue weighted by atomic mass is 16.2. The van der Waals surface area contributed by atoms with Crippen LogP contribution in [0.25, 0.3) is 11.1 Å². The zero-order valence-electron chi connectivity index (χ0n) is 16.4. The number of nitrogens with zero attached hydrogens (tertiary/aromatic N) is 3. The molecule has 5 heteroatoms. The molecule has 0 unspecified atom stereocenters. The number of aromatic nitrogens is 1. The second kappa shape index (κ2) is 8.27. The van der Waals surface area contributed by atoms with Crippen molar-refractivity contribution in [3.05, 3.63) is 89.7 Å². The van der Waals surface area contributed by atoms with Gasteiger partial charge in [0, 0.05) is 49.7 Å². The minimum absolute atomic E-state index is 0.00678. The van der Waals surface area contributed by atoms with Crippen LogP contribution in [0, 0.1) is 6.92 Å². The van der Waals surface area contributed by atoms with Gasteiger partial charge in [-0.05, 0) is 48.4 Å². The van der Waals surface area contributed by atoms with Crippen LogP contribution >= 0.6 is 0 Å². The summed E-state index contributed by atoms with van der Waals surface area (Å²) in [6, 6.07) is 19.1. The highest BCUT2D eigenvalue weighted by molar-refractivity contribution is 6.01. The third-order valence-corrected chi connectivity index (χ3v) is 5.27. The van der Waals surface area contributed by atoms with Gasteiger partial charge in [0.05, 0.1) is 0 Å². The topological polar surface area (TPSA) is 53.5 Å². The zero-order chi connectivity index (χ0) is 20.2. The van der Waals surface area contributed by atoms with Crippen LogP contribution < -0.4 is 0 Å². The largest absolute Gasteiger partial charge is 0.335 e. The van der Waals surface area contributed by atoms with E-state index in [1.54, 1.807) is 12.4 Å². The van der Waals surface area contributed by atoms with Gasteiger partial charge in [0.15, 0.2) is 0 Å². The monoisotopic (exact) mass is 385 g/mol. The maximum atomic E-state index is 13.3. The van der Waals surface area contributed by atoms with Crippen LogP contribution in [-0.4, -0.2) is 52.8 Å². The molecule has 0 saturated carbocycles. The molecule has 0 bridgehead atoms. The Morgan fingerprint density at radius 3 is 2.07 bits per heavy atom. The van der Waals surface area contributed by atoms with Crippen molar-refractivity contribution in [1.82, 2.24) is 14.8 Å². The predicted molar refractivity (Wildman–Crippen MR) is 113 cm³/mol. The number of rotatable bonds is 3. The standard InChI is InChI=1S/C24H23N3O2/c1-18-7-8-21(19-9-11-25-12-10-19)22(17-18)24(29)27-15-13-26(14-16-27)23(28)20-5-3-2-4-6-20/h2-12,17H,13-16H2,1H3. The van der Waals surface area contributed by atoms with Crippen LogP contribution in [0.4, 0.5) is 0 Å². The highest BCUT2D eigenvalue weighted by Gasteiger charge is 2.26. The number of benzene rings is 2. The summed E-state index contributed by atoms with van der Waals surface area (Å²) in [5, 5.41) is 0. The molecule has 4 rings (SSSR count). The fraction of sp³-hybridized carbons (Fsp3) is 0.208. The summed E-state index contributed by atoms with van der Waals surface area (Å²) in [6.45, 7) is 4.12. The van der Waals surface area contributed by atoms with Gasteiger partial charge in [-0.3, -0.25) is 14.6 Å². The summed E-state index contributed by atoms with van der Waals surface area (Å²) in [4.78, 5) is 33.7. The average Bonchev–Trinajstić information content (AvgIpc) is 2.79. The van der Waals surface area contributed by atoms with Crippen molar-refractivity contribution in [2.45, 2.75) is 6.92 Å². The molecule has 0 aliphatic carbocycles. The SMILES string of the molecule is Cc1ccc(-c2ccncc2)c(C(=O)N2CCN(C(=O)c3ccccc3)CC2)c1. The van der Waals surface area contributed by atoms with Gasteiger partial charge in [-0.1, -0.05) is 35.9 Å². The molecule has 1 aliphatic rings. The van der Waals surface area contributed by atoms with Crippen molar-refractivity contribution >= 4 is 11.8 Å². The first kappa shape index (κ1) is 18.9. The average molecular weight is 385 g/mol. The summed E-state index contributed by atoms with van der Waals surface area (Å²) in [6.07, 6.45) is 3.47. The Morgan fingerprint density at radius 1 is 0.793 bits per heavy atom. The lowest BCUT2D eigenvalue weighted by atomic mass is 9.97. The predicted octanol–water partition coefficient (Wildman–Crippen LogP) is 3.66. The van der Waals surface area contributed by atoms with E-state index in [-0.39, 0.29) is 11.8 Å². The number of carbonyl (C=O) groups is 2. The third-order valence-electron chi connectivity index (χ3n) is 5.27. The van der Waals surface area contributed by atoms with Crippen molar-refractivity contribution < 1.29 is 9.59 Å². The van der Waals surface area contributed by atoms with Crippen molar-refractivity contribution in [1.29, 1.82) is 0 Å². The first-order valence-corrected chi connectivity index (χ1v) is 9.78. The quantitative estimate of drug-likeness (QED) is 0.691. The second-order valence-electron chi connectivity index (χ2n) is 7.24. The molecule has 2 amide bonds. The molecule has 3 aromatic rings. The van der Waals surface area contributed by atoms with E-state index in [1.165, 1.54) is 0 Å². The molecule has 0 N–H and O–H groups in total. The molecule has 1 fully saturated rings. The maximum Gasteiger partial charge on any atom is 0.254 e. The van der Waals surface area contributed by atoms with Gasteiger partial charge in [-0.2, -0.15) is 0 Å². The number of hydrogen-bond donors (Lipinski definition) is 0. The molecule has 2 aromatic carbocycles. The van der Waals surface area contributed by atoms with Gasteiger partial charge >= 0.3 is 0 Å². The summed E-state index contributed by atoms with van der Waals surface area (Å²) >= 11 is 0. The Balaban J connectivity index is 1.51. The molecule has 1 aromatic heterocycles.